The topological polar surface area (TPSA) is 4.93 Å². The van der Waals surface area contributed by atoms with Crippen LogP contribution >= 0.6 is 22.9 Å². The van der Waals surface area contributed by atoms with Gasteiger partial charge in [0.05, 0.1) is 16.4 Å². The number of rotatable bonds is 2. The van der Waals surface area contributed by atoms with Gasteiger partial charge in [0, 0.05) is 16.5 Å². The van der Waals surface area contributed by atoms with Crippen LogP contribution < -0.4 is 0 Å². The van der Waals surface area contributed by atoms with Gasteiger partial charge in [-0.2, -0.15) is 0 Å². The van der Waals surface area contributed by atoms with Crippen LogP contribution in [0.3, 0.4) is 0 Å². The van der Waals surface area contributed by atoms with Gasteiger partial charge in [-0.05, 0) is 30.3 Å². The zero-order valence-corrected chi connectivity index (χ0v) is 10.4. The number of nitrogens with zero attached hydrogens (tertiary/aromatic N) is 1. The molecule has 3 aromatic rings. The van der Waals surface area contributed by atoms with E-state index in [2.05, 4.69) is 0 Å². The van der Waals surface area contributed by atoms with Gasteiger partial charge < -0.3 is 4.57 Å². The zero-order valence-electron chi connectivity index (χ0n) is 8.86. The highest BCUT2D eigenvalue weighted by molar-refractivity contribution is 7.16. The van der Waals surface area contributed by atoms with E-state index >= 15 is 0 Å². The normalized spacial score (nSPS) is 11.2. The van der Waals surface area contributed by atoms with Crippen molar-refractivity contribution in [3.8, 4) is 0 Å². The molecule has 0 unspecified atom stereocenters. The molecule has 86 valence electrons. The summed E-state index contributed by atoms with van der Waals surface area (Å²) >= 11 is 7.44. The summed E-state index contributed by atoms with van der Waals surface area (Å²) in [5.41, 5.74) is 0.912. The molecule has 0 spiro atoms. The molecule has 0 saturated carbocycles. The maximum atomic E-state index is 13.5. The summed E-state index contributed by atoms with van der Waals surface area (Å²) in [5, 5.41) is 0.662. The second-order valence-electron chi connectivity index (χ2n) is 3.82. The monoisotopic (exact) mass is 265 g/mol. The maximum absolute atomic E-state index is 13.5. The number of hydrogen-bond donors (Lipinski definition) is 0. The van der Waals surface area contributed by atoms with Gasteiger partial charge >= 0.3 is 0 Å². The summed E-state index contributed by atoms with van der Waals surface area (Å²) in [6.45, 7) is 0.727. The van der Waals surface area contributed by atoms with Crippen LogP contribution in [0.5, 0.6) is 0 Å². The second kappa shape index (κ2) is 4.17. The van der Waals surface area contributed by atoms with Crippen LogP contribution in [0.25, 0.3) is 10.9 Å². The molecule has 0 saturated heterocycles. The quantitative estimate of drug-likeness (QED) is 0.641. The molecule has 0 amide bonds. The van der Waals surface area contributed by atoms with E-state index in [0.29, 0.717) is 5.39 Å². The highest BCUT2D eigenvalue weighted by Crippen LogP contribution is 2.25. The summed E-state index contributed by atoms with van der Waals surface area (Å²) in [6.07, 6.45) is 1.90. The number of aromatic nitrogens is 1. The Labute approximate surface area is 107 Å². The molecular weight excluding hydrogens is 257 g/mol. The van der Waals surface area contributed by atoms with E-state index in [9.17, 15) is 4.39 Å². The Morgan fingerprint density at radius 1 is 1.18 bits per heavy atom. The van der Waals surface area contributed by atoms with E-state index in [4.69, 9.17) is 11.6 Å². The van der Waals surface area contributed by atoms with Gasteiger partial charge in [-0.25, -0.2) is 4.39 Å². The molecule has 0 aliphatic rings. The number of thiophene rings is 1. The summed E-state index contributed by atoms with van der Waals surface area (Å²) in [6, 6.07) is 10.8. The average molecular weight is 266 g/mol. The van der Waals surface area contributed by atoms with Crippen molar-refractivity contribution < 1.29 is 4.39 Å². The molecule has 0 atom stereocenters. The molecular formula is C13H9ClFNS. The lowest BCUT2D eigenvalue weighted by Gasteiger charge is -2.03. The molecule has 0 N–H and O–H groups in total. The van der Waals surface area contributed by atoms with Crippen molar-refractivity contribution in [2.75, 3.05) is 0 Å². The molecule has 1 aromatic carbocycles. The highest BCUT2D eigenvalue weighted by Gasteiger charge is 2.06. The van der Waals surface area contributed by atoms with Crippen LogP contribution in [0.2, 0.25) is 4.34 Å². The summed E-state index contributed by atoms with van der Waals surface area (Å²) in [5.74, 6) is -0.175. The number of benzene rings is 1. The first kappa shape index (κ1) is 10.8. The van der Waals surface area contributed by atoms with E-state index in [1.807, 2.05) is 29.0 Å². The molecule has 0 fully saturated rings. The molecule has 17 heavy (non-hydrogen) atoms. The largest absolute Gasteiger partial charge is 0.342 e. The van der Waals surface area contributed by atoms with Crippen molar-refractivity contribution >= 4 is 33.8 Å². The molecule has 3 rings (SSSR count). The molecule has 0 aliphatic carbocycles. The van der Waals surface area contributed by atoms with Gasteiger partial charge in [0.15, 0.2) is 0 Å². The van der Waals surface area contributed by atoms with Crippen LogP contribution in [0.4, 0.5) is 4.39 Å². The Hall–Kier alpha value is -1.32. The first-order valence-electron chi connectivity index (χ1n) is 5.21. The number of fused-ring (bicyclic) bond motifs is 1. The van der Waals surface area contributed by atoms with Gasteiger partial charge in [-0.1, -0.05) is 17.7 Å². The third-order valence-electron chi connectivity index (χ3n) is 2.72. The summed E-state index contributed by atoms with van der Waals surface area (Å²) in [7, 11) is 0. The fourth-order valence-corrected chi connectivity index (χ4v) is 3.01. The Bertz CT molecular complexity index is 671. The maximum Gasteiger partial charge on any atom is 0.132 e. The minimum atomic E-state index is -0.175. The Morgan fingerprint density at radius 3 is 2.82 bits per heavy atom. The predicted molar refractivity (Wildman–Crippen MR) is 70.3 cm³/mol. The van der Waals surface area contributed by atoms with Crippen molar-refractivity contribution in [3.05, 3.63) is 57.6 Å². The van der Waals surface area contributed by atoms with Gasteiger partial charge in [0.1, 0.15) is 5.82 Å². The van der Waals surface area contributed by atoms with E-state index in [1.54, 1.807) is 23.5 Å². The van der Waals surface area contributed by atoms with E-state index in [1.165, 1.54) is 6.07 Å². The molecule has 0 aliphatic heterocycles. The number of halogens is 2. The smallest absolute Gasteiger partial charge is 0.132 e. The molecule has 0 radical (unpaired) electrons. The molecule has 0 bridgehead atoms. The third-order valence-corrected chi connectivity index (χ3v) is 3.93. The van der Waals surface area contributed by atoms with Gasteiger partial charge in [-0.15, -0.1) is 11.3 Å². The Balaban J connectivity index is 2.04. The van der Waals surface area contributed by atoms with Crippen molar-refractivity contribution in [2.45, 2.75) is 6.54 Å². The lowest BCUT2D eigenvalue weighted by molar-refractivity contribution is 0.639. The van der Waals surface area contributed by atoms with E-state index < -0.39 is 0 Å². The minimum absolute atomic E-state index is 0.175. The summed E-state index contributed by atoms with van der Waals surface area (Å²) < 4.78 is 16.3. The third kappa shape index (κ3) is 1.96. The fraction of sp³-hybridized carbons (Fsp3) is 0.0769. The van der Waals surface area contributed by atoms with Crippen LogP contribution in [-0.2, 0) is 6.54 Å². The molecule has 2 heterocycles. The lowest BCUT2D eigenvalue weighted by Crippen LogP contribution is -1.95. The van der Waals surface area contributed by atoms with Gasteiger partial charge in [-0.3, -0.25) is 0 Å². The second-order valence-corrected chi connectivity index (χ2v) is 5.62. The zero-order chi connectivity index (χ0) is 11.8. The van der Waals surface area contributed by atoms with Crippen LogP contribution in [0.15, 0.2) is 42.6 Å². The van der Waals surface area contributed by atoms with Crippen LogP contribution in [0.1, 0.15) is 4.88 Å². The lowest BCUT2D eigenvalue weighted by atomic mass is 10.2. The Kier molecular flexibility index (Phi) is 2.65. The van der Waals surface area contributed by atoms with Gasteiger partial charge in [0.25, 0.3) is 0 Å². The van der Waals surface area contributed by atoms with E-state index in [-0.39, 0.29) is 5.82 Å². The van der Waals surface area contributed by atoms with Crippen LogP contribution in [0, 0.1) is 5.82 Å². The van der Waals surface area contributed by atoms with Gasteiger partial charge in [0.2, 0.25) is 0 Å². The molecule has 2 aromatic heterocycles. The van der Waals surface area contributed by atoms with Crippen molar-refractivity contribution in [1.29, 1.82) is 0 Å². The molecule has 4 heteroatoms. The fourth-order valence-electron chi connectivity index (χ4n) is 1.93. The predicted octanol–water partition coefficient (Wildman–Crippen LogP) is 4.54. The standard InChI is InChI=1S/C13H9ClFNS/c14-13-5-4-9(17-13)8-16-7-6-10-11(15)2-1-3-12(10)16/h1-7H,8H2. The summed E-state index contributed by atoms with van der Waals surface area (Å²) in [4.78, 5) is 1.16. The van der Waals surface area contributed by atoms with Crippen molar-refractivity contribution in [3.63, 3.8) is 0 Å². The minimum Gasteiger partial charge on any atom is -0.342 e. The molecule has 1 nitrogen and oxygen atoms in total. The Morgan fingerprint density at radius 2 is 2.06 bits per heavy atom. The van der Waals surface area contributed by atoms with Crippen molar-refractivity contribution in [2.24, 2.45) is 0 Å². The number of hydrogen-bond acceptors (Lipinski definition) is 1. The highest BCUT2D eigenvalue weighted by atomic mass is 35.5. The van der Waals surface area contributed by atoms with Crippen LogP contribution in [-0.4, -0.2) is 4.57 Å². The van der Waals surface area contributed by atoms with Crippen molar-refractivity contribution in [1.82, 2.24) is 4.57 Å². The van der Waals surface area contributed by atoms with E-state index in [0.717, 1.165) is 21.3 Å². The average Bonchev–Trinajstić information content (AvgIpc) is 2.88. The first-order valence-corrected chi connectivity index (χ1v) is 6.41. The SMILES string of the molecule is Fc1cccc2c1ccn2Cc1ccc(Cl)s1. The first-order chi connectivity index (χ1) is 8.24.